The highest BCUT2D eigenvalue weighted by Gasteiger charge is 2.18. The Morgan fingerprint density at radius 2 is 2.00 bits per heavy atom. The molecule has 1 saturated heterocycles. The molecule has 0 unspecified atom stereocenters. The number of nitrogens with zero attached hydrogens (tertiary/aromatic N) is 5. The van der Waals surface area contributed by atoms with Crippen molar-refractivity contribution in [1.29, 1.82) is 0 Å². The molecular formula is C16H21N5O2S. The van der Waals surface area contributed by atoms with Crippen LogP contribution in [0.5, 0.6) is 0 Å². The minimum absolute atomic E-state index is 0.106. The Balaban J connectivity index is 1.62. The van der Waals surface area contributed by atoms with Crippen LogP contribution in [0.4, 0.5) is 0 Å². The second kappa shape index (κ2) is 7.69. The molecule has 1 aromatic heterocycles. The Hall–Kier alpha value is -2.03. The summed E-state index contributed by atoms with van der Waals surface area (Å²) in [5.74, 6) is 0.106. The number of aromatic nitrogens is 3. The van der Waals surface area contributed by atoms with Crippen molar-refractivity contribution >= 4 is 18.1 Å². The lowest BCUT2D eigenvalue weighted by Crippen LogP contribution is -2.45. The lowest BCUT2D eigenvalue weighted by Gasteiger charge is -2.28. The van der Waals surface area contributed by atoms with Gasteiger partial charge in [0, 0.05) is 18.8 Å². The van der Waals surface area contributed by atoms with Crippen LogP contribution in [0.2, 0.25) is 0 Å². The first-order chi connectivity index (χ1) is 11.6. The standard InChI is InChI=1S/C16H21N5O2S/c1-18(11-15(22)19-7-9-23-10-8-19)13-21-16(24)20(12-17-21)14-5-3-2-4-6-14/h2-6,12H,7-11,13H2,1H3. The summed E-state index contributed by atoms with van der Waals surface area (Å²) in [6, 6.07) is 9.84. The van der Waals surface area contributed by atoms with Gasteiger partial charge in [-0.05, 0) is 31.4 Å². The summed E-state index contributed by atoms with van der Waals surface area (Å²) in [5.41, 5.74) is 0.973. The van der Waals surface area contributed by atoms with Gasteiger partial charge in [0.25, 0.3) is 0 Å². The predicted molar refractivity (Wildman–Crippen MR) is 92.4 cm³/mol. The third-order valence-electron chi connectivity index (χ3n) is 3.91. The molecule has 0 aliphatic carbocycles. The van der Waals surface area contributed by atoms with Crippen molar-refractivity contribution in [1.82, 2.24) is 24.1 Å². The maximum absolute atomic E-state index is 12.3. The maximum Gasteiger partial charge on any atom is 0.236 e. The fourth-order valence-corrected chi connectivity index (χ4v) is 2.88. The molecule has 1 aliphatic heterocycles. The quantitative estimate of drug-likeness (QED) is 0.760. The Morgan fingerprint density at radius 1 is 1.29 bits per heavy atom. The summed E-state index contributed by atoms with van der Waals surface area (Å²) in [6.45, 7) is 3.35. The van der Waals surface area contributed by atoms with Crippen LogP contribution in [0.1, 0.15) is 0 Å². The number of morpholine rings is 1. The average Bonchev–Trinajstić information content (AvgIpc) is 2.97. The summed E-state index contributed by atoms with van der Waals surface area (Å²) >= 11 is 5.49. The van der Waals surface area contributed by atoms with Gasteiger partial charge in [-0.25, -0.2) is 4.68 Å². The topological polar surface area (TPSA) is 55.5 Å². The van der Waals surface area contributed by atoms with E-state index >= 15 is 0 Å². The molecule has 2 aromatic rings. The fraction of sp³-hybridized carbons (Fsp3) is 0.438. The third kappa shape index (κ3) is 3.89. The lowest BCUT2D eigenvalue weighted by molar-refractivity contribution is -0.136. The molecule has 3 rings (SSSR count). The van der Waals surface area contributed by atoms with Gasteiger partial charge >= 0.3 is 0 Å². The largest absolute Gasteiger partial charge is 0.378 e. The molecule has 1 fully saturated rings. The molecule has 0 N–H and O–H groups in total. The molecule has 0 atom stereocenters. The predicted octanol–water partition coefficient (Wildman–Crippen LogP) is 1.15. The van der Waals surface area contributed by atoms with E-state index in [9.17, 15) is 4.79 Å². The molecule has 8 heteroatoms. The molecule has 2 heterocycles. The number of carbonyl (C=O) groups is 1. The Bertz CT molecular complexity index is 736. The second-order valence-corrected chi connectivity index (χ2v) is 6.13. The number of para-hydroxylation sites is 1. The van der Waals surface area contributed by atoms with Crippen molar-refractivity contribution in [2.24, 2.45) is 0 Å². The van der Waals surface area contributed by atoms with Gasteiger partial charge in [0.05, 0.1) is 26.4 Å². The lowest BCUT2D eigenvalue weighted by atomic mass is 10.3. The van der Waals surface area contributed by atoms with Crippen LogP contribution in [0.3, 0.4) is 0 Å². The summed E-state index contributed by atoms with van der Waals surface area (Å²) in [4.78, 5) is 16.0. The van der Waals surface area contributed by atoms with Gasteiger partial charge in [0.1, 0.15) is 6.33 Å². The van der Waals surface area contributed by atoms with E-state index in [2.05, 4.69) is 5.10 Å². The summed E-state index contributed by atoms with van der Waals surface area (Å²) in [6.07, 6.45) is 1.70. The van der Waals surface area contributed by atoms with E-state index in [0.29, 0.717) is 44.3 Å². The monoisotopic (exact) mass is 347 g/mol. The molecule has 0 spiro atoms. The average molecular weight is 347 g/mol. The van der Waals surface area contributed by atoms with E-state index in [0.717, 1.165) is 5.69 Å². The highest BCUT2D eigenvalue weighted by atomic mass is 32.1. The van der Waals surface area contributed by atoms with Gasteiger partial charge in [-0.15, -0.1) is 0 Å². The number of benzene rings is 1. The van der Waals surface area contributed by atoms with Gasteiger partial charge in [-0.2, -0.15) is 5.10 Å². The third-order valence-corrected chi connectivity index (χ3v) is 4.32. The van der Waals surface area contributed by atoms with Crippen molar-refractivity contribution in [2.75, 3.05) is 39.9 Å². The highest BCUT2D eigenvalue weighted by Crippen LogP contribution is 2.08. The van der Waals surface area contributed by atoms with Crippen LogP contribution in [0.15, 0.2) is 36.7 Å². The van der Waals surface area contributed by atoms with Crippen molar-refractivity contribution in [3.8, 4) is 5.69 Å². The minimum atomic E-state index is 0.106. The molecular weight excluding hydrogens is 326 g/mol. The first kappa shape index (κ1) is 16.8. The van der Waals surface area contributed by atoms with Gasteiger partial charge in [0.2, 0.25) is 10.7 Å². The van der Waals surface area contributed by atoms with E-state index < -0.39 is 0 Å². The maximum atomic E-state index is 12.3. The highest BCUT2D eigenvalue weighted by molar-refractivity contribution is 7.71. The molecule has 128 valence electrons. The van der Waals surface area contributed by atoms with Crippen molar-refractivity contribution in [3.05, 3.63) is 41.4 Å². The first-order valence-corrected chi connectivity index (χ1v) is 8.30. The van der Waals surface area contributed by atoms with Crippen molar-refractivity contribution in [3.63, 3.8) is 0 Å². The molecule has 0 saturated carbocycles. The molecule has 24 heavy (non-hydrogen) atoms. The smallest absolute Gasteiger partial charge is 0.236 e. The number of amides is 1. The molecule has 7 nitrogen and oxygen atoms in total. The minimum Gasteiger partial charge on any atom is -0.378 e. The van der Waals surface area contributed by atoms with Crippen LogP contribution < -0.4 is 0 Å². The number of rotatable bonds is 5. The molecule has 0 radical (unpaired) electrons. The van der Waals surface area contributed by atoms with Crippen molar-refractivity contribution < 1.29 is 9.53 Å². The Labute approximate surface area is 146 Å². The van der Waals surface area contributed by atoms with Gasteiger partial charge in [0.15, 0.2) is 0 Å². The number of hydrogen-bond donors (Lipinski definition) is 0. The Kier molecular flexibility index (Phi) is 5.39. The van der Waals surface area contributed by atoms with Crippen LogP contribution in [-0.2, 0) is 16.2 Å². The Morgan fingerprint density at radius 3 is 2.71 bits per heavy atom. The van der Waals surface area contributed by atoms with E-state index in [1.54, 1.807) is 11.0 Å². The molecule has 1 amide bonds. The van der Waals surface area contributed by atoms with Crippen LogP contribution >= 0.6 is 12.2 Å². The van der Waals surface area contributed by atoms with E-state index in [4.69, 9.17) is 17.0 Å². The van der Waals surface area contributed by atoms with Gasteiger partial charge in [-0.3, -0.25) is 14.3 Å². The number of ether oxygens (including phenoxy) is 1. The number of hydrogen-bond acceptors (Lipinski definition) is 5. The molecule has 1 aromatic carbocycles. The number of carbonyl (C=O) groups excluding carboxylic acids is 1. The van der Waals surface area contributed by atoms with Gasteiger partial charge in [-0.1, -0.05) is 18.2 Å². The van der Waals surface area contributed by atoms with E-state index in [1.165, 1.54) is 0 Å². The molecule has 0 bridgehead atoms. The molecule has 1 aliphatic rings. The number of likely N-dealkylation sites (N-methyl/N-ethyl adjacent to an activating group) is 1. The van der Waals surface area contributed by atoms with Gasteiger partial charge < -0.3 is 9.64 Å². The SMILES string of the molecule is CN(CC(=O)N1CCOCC1)Cn1ncn(-c2ccccc2)c1=S. The summed E-state index contributed by atoms with van der Waals surface area (Å²) in [5, 5.41) is 4.34. The summed E-state index contributed by atoms with van der Waals surface area (Å²) < 4.78 is 9.45. The van der Waals surface area contributed by atoms with E-state index in [-0.39, 0.29) is 5.91 Å². The fourth-order valence-electron chi connectivity index (χ4n) is 2.62. The zero-order valence-corrected chi connectivity index (χ0v) is 14.5. The van der Waals surface area contributed by atoms with Crippen LogP contribution in [0, 0.1) is 4.77 Å². The zero-order chi connectivity index (χ0) is 16.9. The second-order valence-electron chi connectivity index (χ2n) is 5.77. The van der Waals surface area contributed by atoms with E-state index in [1.807, 2.05) is 51.7 Å². The first-order valence-electron chi connectivity index (χ1n) is 7.89. The van der Waals surface area contributed by atoms with Crippen LogP contribution in [-0.4, -0.2) is 70.0 Å². The summed E-state index contributed by atoms with van der Waals surface area (Å²) in [7, 11) is 1.89. The van der Waals surface area contributed by atoms with Crippen LogP contribution in [0.25, 0.3) is 5.69 Å². The normalized spacial score (nSPS) is 15.0. The zero-order valence-electron chi connectivity index (χ0n) is 13.7. The van der Waals surface area contributed by atoms with Crippen molar-refractivity contribution in [2.45, 2.75) is 6.67 Å².